The Balaban J connectivity index is 1.42. The van der Waals surface area contributed by atoms with Crippen LogP contribution in [0.25, 0.3) is 16.6 Å². The van der Waals surface area contributed by atoms with Crippen molar-refractivity contribution in [2.24, 2.45) is 0 Å². The summed E-state index contributed by atoms with van der Waals surface area (Å²) in [6, 6.07) is 14.5. The van der Waals surface area contributed by atoms with Gasteiger partial charge in [0.25, 0.3) is 0 Å². The van der Waals surface area contributed by atoms with E-state index in [4.69, 9.17) is 14.2 Å². The van der Waals surface area contributed by atoms with Gasteiger partial charge in [-0.1, -0.05) is 6.07 Å². The minimum Gasteiger partial charge on any atom is -0.489 e. The third-order valence-corrected chi connectivity index (χ3v) is 6.80. The molecule has 33 heavy (non-hydrogen) atoms. The molecule has 3 heterocycles. The fourth-order valence-electron chi connectivity index (χ4n) is 4.51. The Morgan fingerprint density at radius 1 is 1.18 bits per heavy atom. The maximum absolute atomic E-state index is 14.5. The smallest absolute Gasteiger partial charge is 0.316 e. The summed E-state index contributed by atoms with van der Waals surface area (Å²) in [5.41, 5.74) is 2.45. The van der Waals surface area contributed by atoms with Crippen molar-refractivity contribution in [3.05, 3.63) is 76.3 Å². The van der Waals surface area contributed by atoms with Crippen molar-refractivity contribution < 1.29 is 23.4 Å². The molecule has 2 aromatic heterocycles. The Kier molecular flexibility index (Phi) is 5.80. The van der Waals surface area contributed by atoms with E-state index in [0.29, 0.717) is 37.4 Å². The van der Waals surface area contributed by atoms with Gasteiger partial charge in [-0.3, -0.25) is 9.20 Å². The lowest BCUT2D eigenvalue weighted by Gasteiger charge is -2.35. The lowest BCUT2D eigenvalue weighted by atomic mass is 9.74. The second kappa shape index (κ2) is 8.76. The first-order valence-electron chi connectivity index (χ1n) is 10.6. The van der Waals surface area contributed by atoms with Gasteiger partial charge in [-0.2, -0.15) is 0 Å². The number of halogens is 2. The number of benzene rings is 2. The number of rotatable bonds is 5. The monoisotopic (exact) mass is 512 g/mol. The Morgan fingerprint density at radius 3 is 2.79 bits per heavy atom. The zero-order valence-corrected chi connectivity index (χ0v) is 19.6. The number of imidazole rings is 1. The zero-order valence-electron chi connectivity index (χ0n) is 18.0. The van der Waals surface area contributed by atoms with E-state index in [1.807, 2.05) is 34.7 Å². The van der Waals surface area contributed by atoms with Gasteiger partial charge in [0.2, 0.25) is 0 Å². The molecular formula is C25H22BrFN2O4. The molecule has 0 amide bonds. The van der Waals surface area contributed by atoms with Crippen LogP contribution >= 0.6 is 15.9 Å². The molecule has 0 spiro atoms. The number of carbonyl (C=O) groups is 1. The summed E-state index contributed by atoms with van der Waals surface area (Å²) < 4.78 is 33.9. The molecule has 0 saturated carbocycles. The van der Waals surface area contributed by atoms with Gasteiger partial charge < -0.3 is 14.2 Å². The van der Waals surface area contributed by atoms with Crippen LogP contribution in [0.4, 0.5) is 4.39 Å². The maximum Gasteiger partial charge on any atom is 0.316 e. The summed E-state index contributed by atoms with van der Waals surface area (Å²) in [4.78, 5) is 17.0. The quantitative estimate of drug-likeness (QED) is 0.344. The van der Waals surface area contributed by atoms with Gasteiger partial charge in [-0.15, -0.1) is 0 Å². The number of carbonyl (C=O) groups excluding carboxylic acids is 1. The number of aromatic nitrogens is 2. The average Bonchev–Trinajstić information content (AvgIpc) is 3.23. The van der Waals surface area contributed by atoms with Crippen LogP contribution in [0.1, 0.15) is 24.0 Å². The van der Waals surface area contributed by atoms with Gasteiger partial charge in [0, 0.05) is 19.3 Å². The Hall–Kier alpha value is -2.97. The van der Waals surface area contributed by atoms with Crippen molar-refractivity contribution in [1.82, 2.24) is 9.38 Å². The van der Waals surface area contributed by atoms with E-state index < -0.39 is 11.2 Å². The summed E-state index contributed by atoms with van der Waals surface area (Å²) in [6.07, 6.45) is 2.64. The summed E-state index contributed by atoms with van der Waals surface area (Å²) in [5, 5.41) is 1.04. The van der Waals surface area contributed by atoms with Crippen LogP contribution in [0.2, 0.25) is 0 Å². The third-order valence-electron chi connectivity index (χ3n) is 6.24. The van der Waals surface area contributed by atoms with Crippen LogP contribution in [0.3, 0.4) is 0 Å². The first-order chi connectivity index (χ1) is 16.0. The molecule has 0 aliphatic carbocycles. The highest BCUT2D eigenvalue weighted by molar-refractivity contribution is 9.10. The lowest BCUT2D eigenvalue weighted by molar-refractivity contribution is -0.151. The molecule has 6 nitrogen and oxygen atoms in total. The topological polar surface area (TPSA) is 62.1 Å². The van der Waals surface area contributed by atoms with Crippen molar-refractivity contribution in [2.75, 3.05) is 20.3 Å². The first kappa shape index (κ1) is 21.9. The van der Waals surface area contributed by atoms with Crippen molar-refractivity contribution in [1.29, 1.82) is 0 Å². The minimum atomic E-state index is -0.931. The van der Waals surface area contributed by atoms with Crippen LogP contribution in [0.15, 0.2) is 59.3 Å². The van der Waals surface area contributed by atoms with Crippen LogP contribution < -0.4 is 4.74 Å². The summed E-state index contributed by atoms with van der Waals surface area (Å²) in [7, 11) is 1.35. The molecule has 1 saturated heterocycles. The van der Waals surface area contributed by atoms with Crippen molar-refractivity contribution in [3.63, 3.8) is 0 Å². The van der Waals surface area contributed by atoms with E-state index in [-0.39, 0.29) is 12.6 Å². The summed E-state index contributed by atoms with van der Waals surface area (Å²) in [6.45, 7) is 1.09. The molecule has 2 aromatic carbocycles. The van der Waals surface area contributed by atoms with Crippen molar-refractivity contribution in [2.45, 2.75) is 24.9 Å². The molecule has 4 aromatic rings. The Morgan fingerprint density at radius 2 is 2.00 bits per heavy atom. The fourth-order valence-corrected chi connectivity index (χ4v) is 4.99. The predicted molar refractivity (Wildman–Crippen MR) is 125 cm³/mol. The third kappa shape index (κ3) is 3.98. The molecule has 0 N–H and O–H groups in total. The molecule has 0 unspecified atom stereocenters. The minimum absolute atomic E-state index is 0.260. The molecule has 1 fully saturated rings. The molecular weight excluding hydrogens is 491 g/mol. The van der Waals surface area contributed by atoms with E-state index in [9.17, 15) is 9.18 Å². The van der Waals surface area contributed by atoms with Gasteiger partial charge in [0.1, 0.15) is 28.4 Å². The van der Waals surface area contributed by atoms with E-state index in [0.717, 1.165) is 26.7 Å². The van der Waals surface area contributed by atoms with Gasteiger partial charge in [0.15, 0.2) is 0 Å². The van der Waals surface area contributed by atoms with E-state index in [1.54, 1.807) is 12.3 Å². The number of methoxy groups -OCH3 is 1. The standard InChI is InChI=1S/C25H22BrFN2O4/c1-31-24(30)25(6-8-32-9-7-25)18-11-19(27)13-20(12-18)33-15-16-2-4-21-17(10-16)3-5-23-28-14-22(26)29(21)23/h2-5,10-14H,6-9,15H2,1H3. The lowest BCUT2D eigenvalue weighted by Crippen LogP contribution is -2.42. The SMILES string of the molecule is COC(=O)C1(c2cc(F)cc(OCc3ccc4c(ccc5ncc(Br)n54)c3)c2)CCOCC1. The van der Waals surface area contributed by atoms with Gasteiger partial charge in [0.05, 0.1) is 24.2 Å². The first-order valence-corrected chi connectivity index (χ1v) is 11.4. The molecule has 0 radical (unpaired) electrons. The molecule has 170 valence electrons. The number of esters is 1. The normalized spacial score (nSPS) is 15.6. The Labute approximate surface area is 198 Å². The highest BCUT2D eigenvalue weighted by Crippen LogP contribution is 2.38. The number of ether oxygens (including phenoxy) is 3. The number of pyridine rings is 1. The van der Waals surface area contributed by atoms with Crippen LogP contribution in [-0.2, 0) is 26.3 Å². The average molecular weight is 513 g/mol. The van der Waals surface area contributed by atoms with Crippen LogP contribution in [0.5, 0.6) is 5.75 Å². The second-order valence-corrected chi connectivity index (χ2v) is 8.96. The van der Waals surface area contributed by atoms with E-state index in [2.05, 4.69) is 20.9 Å². The number of hydrogen-bond acceptors (Lipinski definition) is 5. The highest BCUT2D eigenvalue weighted by Gasteiger charge is 2.43. The highest BCUT2D eigenvalue weighted by atomic mass is 79.9. The van der Waals surface area contributed by atoms with Gasteiger partial charge in [-0.25, -0.2) is 9.37 Å². The number of nitrogens with zero attached hydrogens (tertiary/aromatic N) is 2. The van der Waals surface area contributed by atoms with Crippen molar-refractivity contribution in [3.8, 4) is 5.75 Å². The summed E-state index contributed by atoms with van der Waals surface area (Å²) >= 11 is 3.53. The number of fused-ring (bicyclic) bond motifs is 3. The Bertz CT molecular complexity index is 1350. The van der Waals surface area contributed by atoms with E-state index in [1.165, 1.54) is 19.2 Å². The molecule has 1 aliphatic heterocycles. The summed E-state index contributed by atoms with van der Waals surface area (Å²) in [5.74, 6) is -0.468. The number of hydrogen-bond donors (Lipinski definition) is 0. The van der Waals surface area contributed by atoms with E-state index >= 15 is 0 Å². The molecule has 1 aliphatic rings. The second-order valence-electron chi connectivity index (χ2n) is 8.15. The molecule has 0 atom stereocenters. The maximum atomic E-state index is 14.5. The fraction of sp³-hybridized carbons (Fsp3) is 0.280. The van der Waals surface area contributed by atoms with Gasteiger partial charge in [-0.05, 0) is 81.7 Å². The van der Waals surface area contributed by atoms with Crippen molar-refractivity contribution >= 4 is 38.4 Å². The molecule has 0 bridgehead atoms. The zero-order chi connectivity index (χ0) is 23.0. The predicted octanol–water partition coefficient (Wildman–Crippen LogP) is 5.19. The molecule has 8 heteroatoms. The van der Waals surface area contributed by atoms with Crippen LogP contribution in [0, 0.1) is 5.82 Å². The largest absolute Gasteiger partial charge is 0.489 e. The van der Waals surface area contributed by atoms with Gasteiger partial charge >= 0.3 is 5.97 Å². The van der Waals surface area contributed by atoms with Crippen LogP contribution in [-0.4, -0.2) is 35.7 Å². The molecule has 5 rings (SSSR count).